The molecule has 0 fully saturated rings. The molecule has 0 spiro atoms. The molecule has 0 aliphatic carbocycles. The lowest BCUT2D eigenvalue weighted by Crippen LogP contribution is -2.39. The molecule has 7 aromatic rings. The number of hydrogen-bond donors (Lipinski definition) is 0. The molecule has 0 saturated heterocycles. The fourth-order valence-electron chi connectivity index (χ4n) is 6.35. The van der Waals surface area contributed by atoms with Crippen LogP contribution in [0.2, 0.25) is 5.15 Å². The molecule has 0 amide bonds. The van der Waals surface area contributed by atoms with Gasteiger partial charge in [-0.2, -0.15) is 0 Å². The maximum absolute atomic E-state index is 12.7. The normalized spacial score (nSPS) is 11.6. The number of methoxy groups -OCH3 is 1. The van der Waals surface area contributed by atoms with Gasteiger partial charge in [0.05, 0.1) is 18.5 Å². The number of carbonyl (C=O) groups excluding carboxylic acids is 1. The second kappa shape index (κ2) is 14.3. The summed E-state index contributed by atoms with van der Waals surface area (Å²) in [6.07, 6.45) is 2.66. The van der Waals surface area contributed by atoms with Gasteiger partial charge >= 0.3 is 5.97 Å². The number of benzene rings is 3. The number of hydrogen-bond acceptors (Lipinski definition) is 8. The van der Waals surface area contributed by atoms with Crippen molar-refractivity contribution in [3.8, 4) is 21.1 Å². The van der Waals surface area contributed by atoms with E-state index in [0.29, 0.717) is 12.4 Å². The van der Waals surface area contributed by atoms with Gasteiger partial charge in [0.25, 0.3) is 0 Å². The number of rotatable bonds is 12. The topological polar surface area (TPSA) is 87.7 Å². The average Bonchev–Trinajstić information content (AvgIpc) is 3.96. The third-order valence-corrected chi connectivity index (χ3v) is 10.9. The van der Waals surface area contributed by atoms with Crippen molar-refractivity contribution >= 4 is 40.2 Å². The van der Waals surface area contributed by atoms with Gasteiger partial charge in [0.1, 0.15) is 11.4 Å². The number of carbonyl (C=O) groups is 1. The summed E-state index contributed by atoms with van der Waals surface area (Å²) in [6.45, 7) is 2.57. The SMILES string of the molecule is CCCCc1nc(Cl)c(C(=O)OC)n1Cc1ccc(-c2ccsc2-c2nnnn2C(c2ccccc2)(c2ccccc2)c2ccccc2)s1. The molecule has 3 aromatic carbocycles. The van der Waals surface area contributed by atoms with Crippen LogP contribution < -0.4 is 0 Å². The molecular weight excluding hydrogens is 672 g/mol. The molecule has 0 radical (unpaired) electrons. The van der Waals surface area contributed by atoms with Crippen LogP contribution in [0, 0.1) is 0 Å². The Morgan fingerprint density at radius 2 is 1.51 bits per heavy atom. The first kappa shape index (κ1) is 32.6. The van der Waals surface area contributed by atoms with Gasteiger partial charge in [-0.15, -0.1) is 27.8 Å². The third-order valence-electron chi connectivity index (χ3n) is 8.61. The van der Waals surface area contributed by atoms with Gasteiger partial charge in [0, 0.05) is 21.7 Å². The van der Waals surface area contributed by atoms with Gasteiger partial charge in [0.2, 0.25) is 0 Å². The van der Waals surface area contributed by atoms with Gasteiger partial charge in [-0.1, -0.05) is 116 Å². The van der Waals surface area contributed by atoms with Crippen molar-refractivity contribution in [2.45, 2.75) is 38.3 Å². The molecule has 4 heterocycles. The summed E-state index contributed by atoms with van der Waals surface area (Å²) in [5.41, 5.74) is 3.57. The number of tetrazole rings is 1. The maximum atomic E-state index is 12.7. The molecule has 0 bridgehead atoms. The van der Waals surface area contributed by atoms with Crippen molar-refractivity contribution in [3.05, 3.63) is 153 Å². The van der Waals surface area contributed by atoms with E-state index in [1.807, 2.05) is 27.4 Å². The average molecular weight is 705 g/mol. The number of thiophene rings is 2. The fourth-order valence-corrected chi connectivity index (χ4v) is 8.60. The molecule has 49 heavy (non-hydrogen) atoms. The molecule has 0 aliphatic rings. The van der Waals surface area contributed by atoms with Gasteiger partial charge in [-0.25, -0.2) is 14.5 Å². The zero-order chi connectivity index (χ0) is 33.8. The number of ether oxygens (including phenoxy) is 1. The first-order valence-corrected chi connectivity index (χ1v) is 18.1. The highest BCUT2D eigenvalue weighted by Gasteiger charge is 2.42. The van der Waals surface area contributed by atoms with Crippen molar-refractivity contribution in [1.82, 2.24) is 29.8 Å². The quantitative estimate of drug-likeness (QED) is 0.0932. The molecule has 0 N–H and O–H groups in total. The Morgan fingerprint density at radius 3 is 2.10 bits per heavy atom. The van der Waals surface area contributed by atoms with Crippen molar-refractivity contribution < 1.29 is 9.53 Å². The number of aryl methyl sites for hydroxylation is 1. The molecule has 7 rings (SSSR count). The van der Waals surface area contributed by atoms with Crippen molar-refractivity contribution in [2.24, 2.45) is 0 Å². The van der Waals surface area contributed by atoms with E-state index in [4.69, 9.17) is 21.6 Å². The summed E-state index contributed by atoms with van der Waals surface area (Å²) in [5, 5.41) is 16.0. The van der Waals surface area contributed by atoms with Crippen LogP contribution in [0.5, 0.6) is 0 Å². The predicted octanol–water partition coefficient (Wildman–Crippen LogP) is 9.00. The van der Waals surface area contributed by atoms with Crippen molar-refractivity contribution in [2.75, 3.05) is 7.11 Å². The van der Waals surface area contributed by atoms with E-state index in [2.05, 4.69) is 119 Å². The molecular formula is C38H33ClN6O2S2. The van der Waals surface area contributed by atoms with Crippen LogP contribution in [0.25, 0.3) is 21.1 Å². The van der Waals surface area contributed by atoms with Crippen LogP contribution >= 0.6 is 34.3 Å². The Kier molecular flexibility index (Phi) is 9.52. The Bertz CT molecular complexity index is 2080. The minimum absolute atomic E-state index is 0.167. The minimum Gasteiger partial charge on any atom is -0.464 e. The second-order valence-corrected chi connectivity index (χ2v) is 13.9. The van der Waals surface area contributed by atoms with Crippen LogP contribution in [0.4, 0.5) is 0 Å². The lowest BCUT2D eigenvalue weighted by molar-refractivity contribution is 0.0589. The first-order chi connectivity index (χ1) is 24.1. The molecule has 0 atom stereocenters. The Labute approximate surface area is 297 Å². The highest BCUT2D eigenvalue weighted by Crippen LogP contribution is 2.45. The van der Waals surface area contributed by atoms with Crippen LogP contribution in [-0.2, 0) is 23.2 Å². The summed E-state index contributed by atoms with van der Waals surface area (Å²) in [7, 11) is 1.36. The maximum Gasteiger partial charge on any atom is 0.357 e. The Morgan fingerprint density at radius 1 is 0.878 bits per heavy atom. The summed E-state index contributed by atoms with van der Waals surface area (Å²) in [5.74, 6) is 0.937. The molecule has 0 unspecified atom stereocenters. The van der Waals surface area contributed by atoms with E-state index in [1.165, 1.54) is 7.11 Å². The zero-order valence-electron chi connectivity index (χ0n) is 27.0. The monoisotopic (exact) mass is 704 g/mol. The largest absolute Gasteiger partial charge is 0.464 e. The molecule has 0 aliphatic heterocycles. The standard InChI is InChI=1S/C38H33ClN6O2S2/c1-3-4-20-32-40-35(39)33(37(46)47-2)44(32)25-29-21-22-31(49-29)30-23-24-48-34(30)36-41-42-43-45(36)38(26-14-8-5-9-15-26,27-16-10-6-11-17-27)28-18-12-7-13-19-28/h5-19,21-24H,3-4,20,25H2,1-2H3. The highest BCUT2D eigenvalue weighted by atomic mass is 35.5. The van der Waals surface area contributed by atoms with Crippen LogP contribution in [0.1, 0.15) is 57.6 Å². The molecule has 246 valence electrons. The summed E-state index contributed by atoms with van der Waals surface area (Å²) in [4.78, 5) is 20.3. The van der Waals surface area contributed by atoms with E-state index >= 15 is 0 Å². The first-order valence-electron chi connectivity index (χ1n) is 16.0. The van der Waals surface area contributed by atoms with Gasteiger partial charge in [-0.05, 0) is 57.1 Å². The summed E-state index contributed by atoms with van der Waals surface area (Å²) < 4.78 is 8.92. The minimum atomic E-state index is -0.857. The van der Waals surface area contributed by atoms with E-state index < -0.39 is 11.5 Å². The lowest BCUT2D eigenvalue weighted by Gasteiger charge is -2.36. The molecule has 8 nitrogen and oxygen atoms in total. The Balaban J connectivity index is 1.34. The van der Waals surface area contributed by atoms with E-state index in [0.717, 1.165) is 62.0 Å². The second-order valence-electron chi connectivity index (χ2n) is 11.5. The van der Waals surface area contributed by atoms with Crippen LogP contribution in [-0.4, -0.2) is 42.8 Å². The molecule has 4 aromatic heterocycles. The van der Waals surface area contributed by atoms with Gasteiger partial charge in [0.15, 0.2) is 16.7 Å². The third kappa shape index (κ3) is 6.01. The number of aromatic nitrogens is 6. The lowest BCUT2D eigenvalue weighted by atomic mass is 9.77. The number of unbranched alkanes of at least 4 members (excludes halogenated alkanes) is 1. The van der Waals surface area contributed by atoms with E-state index in [-0.39, 0.29) is 10.8 Å². The fraction of sp³-hybridized carbons (Fsp3) is 0.184. The number of halogens is 1. The summed E-state index contributed by atoms with van der Waals surface area (Å²) >= 11 is 9.73. The van der Waals surface area contributed by atoms with Crippen molar-refractivity contribution in [1.29, 1.82) is 0 Å². The van der Waals surface area contributed by atoms with Gasteiger partial charge < -0.3 is 9.30 Å². The highest BCUT2D eigenvalue weighted by molar-refractivity contribution is 7.17. The number of esters is 1. The van der Waals surface area contributed by atoms with Crippen LogP contribution in [0.3, 0.4) is 0 Å². The van der Waals surface area contributed by atoms with E-state index in [9.17, 15) is 4.79 Å². The number of imidazole rings is 1. The zero-order valence-corrected chi connectivity index (χ0v) is 29.4. The Hall–Kier alpha value is -4.90. The predicted molar refractivity (Wildman–Crippen MR) is 195 cm³/mol. The van der Waals surface area contributed by atoms with Crippen LogP contribution in [0.15, 0.2) is 115 Å². The van der Waals surface area contributed by atoms with Gasteiger partial charge in [-0.3, -0.25) is 0 Å². The van der Waals surface area contributed by atoms with Crippen molar-refractivity contribution in [3.63, 3.8) is 0 Å². The smallest absolute Gasteiger partial charge is 0.357 e. The van der Waals surface area contributed by atoms with E-state index in [1.54, 1.807) is 22.7 Å². The number of nitrogens with zero attached hydrogens (tertiary/aromatic N) is 6. The molecule has 0 saturated carbocycles. The summed E-state index contributed by atoms with van der Waals surface area (Å²) in [6, 6.07) is 37.5. The molecule has 11 heteroatoms.